The maximum absolute atomic E-state index is 11.7. The molecule has 6 heteroatoms. The molecule has 3 fully saturated rings. The summed E-state index contributed by atoms with van der Waals surface area (Å²) in [6, 6.07) is 0. The van der Waals surface area contributed by atoms with Crippen LogP contribution in [0.3, 0.4) is 0 Å². The van der Waals surface area contributed by atoms with Crippen LogP contribution < -0.4 is 0 Å². The van der Waals surface area contributed by atoms with Crippen LogP contribution in [0.1, 0.15) is 40.5 Å². The summed E-state index contributed by atoms with van der Waals surface area (Å²) in [6.45, 7) is 7.68. The Kier molecular flexibility index (Phi) is 3.17. The van der Waals surface area contributed by atoms with Gasteiger partial charge in [-0.15, -0.1) is 0 Å². The van der Waals surface area contributed by atoms with Gasteiger partial charge in [0.25, 0.3) is 0 Å². The molecule has 0 aromatic heterocycles. The molecule has 1 saturated carbocycles. The number of carbonyl (C=O) groups excluding carboxylic acids is 1. The summed E-state index contributed by atoms with van der Waals surface area (Å²) in [6.07, 6.45) is 1.29. The molecule has 7 atom stereocenters. The van der Waals surface area contributed by atoms with Gasteiger partial charge in [-0.1, -0.05) is 18.6 Å². The average Bonchev–Trinajstić information content (AvgIpc) is 3.28. The van der Waals surface area contributed by atoms with E-state index in [9.17, 15) is 15.0 Å². The lowest BCUT2D eigenvalue weighted by atomic mass is 9.47. The number of rotatable bonds is 2. The number of fused-ring (bicyclic) bond motifs is 2. The Morgan fingerprint density at radius 1 is 1.46 bits per heavy atom. The molecule has 2 saturated heterocycles. The van der Waals surface area contributed by atoms with Crippen LogP contribution >= 0.6 is 0 Å². The number of ether oxygens (including phenoxy) is 3. The van der Waals surface area contributed by atoms with Gasteiger partial charge in [0.15, 0.2) is 0 Å². The molecular formula is C18H26O6. The second-order valence-corrected chi connectivity index (χ2v) is 8.28. The van der Waals surface area contributed by atoms with Crippen molar-refractivity contribution in [2.75, 3.05) is 13.2 Å². The van der Waals surface area contributed by atoms with Gasteiger partial charge in [-0.05, 0) is 26.7 Å². The number of allylic oxidation sites excluding steroid dienone is 1. The van der Waals surface area contributed by atoms with Crippen LogP contribution in [0.15, 0.2) is 11.6 Å². The minimum absolute atomic E-state index is 0.119. The van der Waals surface area contributed by atoms with E-state index in [2.05, 4.69) is 13.0 Å². The van der Waals surface area contributed by atoms with E-state index in [1.807, 2.05) is 13.8 Å². The Hall–Kier alpha value is -0.950. The highest BCUT2D eigenvalue weighted by atomic mass is 16.7. The molecule has 2 bridgehead atoms. The highest BCUT2D eigenvalue weighted by molar-refractivity contribution is 5.66. The Labute approximate surface area is 141 Å². The van der Waals surface area contributed by atoms with Gasteiger partial charge in [0, 0.05) is 12.3 Å². The lowest BCUT2D eigenvalue weighted by Crippen LogP contribution is -2.71. The Morgan fingerprint density at radius 2 is 2.12 bits per heavy atom. The first-order valence-electron chi connectivity index (χ1n) is 8.64. The van der Waals surface area contributed by atoms with Gasteiger partial charge < -0.3 is 24.4 Å². The third-order valence-corrected chi connectivity index (χ3v) is 7.33. The van der Waals surface area contributed by atoms with Gasteiger partial charge in [0.05, 0.1) is 24.2 Å². The molecule has 1 spiro atoms. The Balaban J connectivity index is 1.94. The van der Waals surface area contributed by atoms with E-state index >= 15 is 0 Å². The van der Waals surface area contributed by atoms with E-state index in [-0.39, 0.29) is 6.61 Å². The van der Waals surface area contributed by atoms with Gasteiger partial charge in [0.1, 0.15) is 23.9 Å². The van der Waals surface area contributed by atoms with Crippen LogP contribution in [-0.2, 0) is 19.0 Å². The highest BCUT2D eigenvalue weighted by Gasteiger charge is 2.87. The minimum atomic E-state index is -0.971. The molecule has 2 heterocycles. The molecular weight excluding hydrogens is 312 g/mol. The molecule has 134 valence electrons. The fourth-order valence-electron chi connectivity index (χ4n) is 5.99. The lowest BCUT2D eigenvalue weighted by molar-refractivity contribution is -0.270. The topological polar surface area (TPSA) is 88.5 Å². The lowest BCUT2D eigenvalue weighted by Gasteiger charge is -2.62. The van der Waals surface area contributed by atoms with Gasteiger partial charge in [0.2, 0.25) is 0 Å². The maximum Gasteiger partial charge on any atom is 0.303 e. The normalized spacial score (nSPS) is 55.1. The fraction of sp³-hybridized carbons (Fsp3) is 0.833. The fourth-order valence-corrected chi connectivity index (χ4v) is 5.99. The monoisotopic (exact) mass is 338 g/mol. The smallest absolute Gasteiger partial charge is 0.303 e. The van der Waals surface area contributed by atoms with E-state index in [0.717, 1.165) is 6.42 Å². The second kappa shape index (κ2) is 4.61. The summed E-state index contributed by atoms with van der Waals surface area (Å²) in [5.41, 5.74) is -1.65. The number of esters is 1. The number of epoxide rings is 1. The second-order valence-electron chi connectivity index (χ2n) is 8.28. The van der Waals surface area contributed by atoms with Gasteiger partial charge in [-0.3, -0.25) is 4.79 Å². The minimum Gasteiger partial charge on any atom is -0.459 e. The maximum atomic E-state index is 11.7. The van der Waals surface area contributed by atoms with Crippen molar-refractivity contribution in [3.05, 3.63) is 11.6 Å². The molecule has 2 aliphatic carbocycles. The van der Waals surface area contributed by atoms with Crippen molar-refractivity contribution in [1.82, 2.24) is 0 Å². The molecule has 0 aromatic rings. The molecule has 0 radical (unpaired) electrons. The summed E-state index contributed by atoms with van der Waals surface area (Å²) in [7, 11) is 0. The molecule has 6 nitrogen and oxygen atoms in total. The van der Waals surface area contributed by atoms with Gasteiger partial charge in [-0.2, -0.15) is 0 Å². The van der Waals surface area contributed by atoms with Crippen molar-refractivity contribution in [2.24, 2.45) is 10.8 Å². The Morgan fingerprint density at radius 3 is 2.67 bits per heavy atom. The largest absolute Gasteiger partial charge is 0.459 e. The molecule has 0 amide bonds. The number of aliphatic hydroxyl groups is 2. The summed E-state index contributed by atoms with van der Waals surface area (Å²) >= 11 is 0. The zero-order chi connectivity index (χ0) is 17.5. The molecule has 24 heavy (non-hydrogen) atoms. The first-order chi connectivity index (χ1) is 11.2. The molecule has 2 N–H and O–H groups in total. The van der Waals surface area contributed by atoms with Crippen LogP contribution in [0, 0.1) is 10.8 Å². The number of hydrogen-bond acceptors (Lipinski definition) is 6. The summed E-state index contributed by atoms with van der Waals surface area (Å²) in [4.78, 5) is 11.7. The molecule has 0 aromatic carbocycles. The van der Waals surface area contributed by atoms with Crippen molar-refractivity contribution in [1.29, 1.82) is 0 Å². The number of carbonyl (C=O) groups is 1. The van der Waals surface area contributed by atoms with Crippen molar-refractivity contribution in [3.63, 3.8) is 0 Å². The standard InChI is InChI=1S/C18H26O6/c1-10-5-6-17(8-19)15(3,7-10)24-14-12(21)13(23-11(2)20)16(17,4)18(14)9-22-18/h7,12-14,19,21H,5-6,8-9H2,1-4H3. The third-order valence-electron chi connectivity index (χ3n) is 7.33. The van der Waals surface area contributed by atoms with E-state index in [1.54, 1.807) is 0 Å². The van der Waals surface area contributed by atoms with Crippen molar-refractivity contribution in [3.8, 4) is 0 Å². The van der Waals surface area contributed by atoms with Crippen LogP contribution in [0.2, 0.25) is 0 Å². The third kappa shape index (κ3) is 1.54. The van der Waals surface area contributed by atoms with E-state index < -0.39 is 46.3 Å². The van der Waals surface area contributed by atoms with E-state index in [1.165, 1.54) is 12.5 Å². The number of hydrogen-bond donors (Lipinski definition) is 2. The summed E-state index contributed by atoms with van der Waals surface area (Å²) in [5, 5.41) is 21.4. The SMILES string of the molecule is CC(=O)OC1C(O)C2OC3(C)C=C(C)CCC3(CO)C1(C)C21CO1. The van der Waals surface area contributed by atoms with Gasteiger partial charge in [-0.25, -0.2) is 0 Å². The van der Waals surface area contributed by atoms with Crippen LogP contribution in [0.4, 0.5) is 0 Å². The zero-order valence-corrected chi connectivity index (χ0v) is 14.7. The molecule has 7 unspecified atom stereocenters. The van der Waals surface area contributed by atoms with Crippen LogP contribution in [-0.4, -0.2) is 58.9 Å². The molecule has 4 rings (SSSR count). The predicted molar refractivity (Wildman–Crippen MR) is 84.1 cm³/mol. The first-order valence-corrected chi connectivity index (χ1v) is 8.64. The molecule has 2 aliphatic heterocycles. The average molecular weight is 338 g/mol. The van der Waals surface area contributed by atoms with Crippen LogP contribution in [0.5, 0.6) is 0 Å². The van der Waals surface area contributed by atoms with E-state index in [0.29, 0.717) is 13.0 Å². The van der Waals surface area contributed by atoms with Crippen molar-refractivity contribution >= 4 is 5.97 Å². The van der Waals surface area contributed by atoms with E-state index in [4.69, 9.17) is 14.2 Å². The zero-order valence-electron chi connectivity index (χ0n) is 14.7. The Bertz CT molecular complexity index is 625. The number of aliphatic hydroxyl groups excluding tert-OH is 2. The van der Waals surface area contributed by atoms with Crippen LogP contribution in [0.25, 0.3) is 0 Å². The van der Waals surface area contributed by atoms with Gasteiger partial charge >= 0.3 is 5.97 Å². The molecule has 4 aliphatic rings. The van der Waals surface area contributed by atoms with Crippen molar-refractivity contribution < 1.29 is 29.2 Å². The quantitative estimate of drug-likeness (QED) is 0.443. The summed E-state index contributed by atoms with van der Waals surface area (Å²) < 4.78 is 17.8. The predicted octanol–water partition coefficient (Wildman–Crippen LogP) is 0.944. The first kappa shape index (κ1) is 16.5. The van der Waals surface area contributed by atoms with Crippen molar-refractivity contribution in [2.45, 2.75) is 70.1 Å². The highest BCUT2D eigenvalue weighted by Crippen LogP contribution is 2.74. The summed E-state index contributed by atoms with van der Waals surface area (Å²) in [5.74, 6) is -0.444.